The zero-order valence-electron chi connectivity index (χ0n) is 9.97. The number of phosphoric acid groups is 1. The zero-order valence-corrected chi connectivity index (χ0v) is 12.5. The highest BCUT2D eigenvalue weighted by Gasteiger charge is 2.00. The van der Waals surface area contributed by atoms with Gasteiger partial charge in [-0.2, -0.15) is 16.8 Å². The fraction of sp³-hybridized carbons (Fsp3) is 0. The first-order valence-electron chi connectivity index (χ1n) is 2.18. The van der Waals surface area contributed by atoms with Gasteiger partial charge in [-0.1, -0.05) is 0 Å². The van der Waals surface area contributed by atoms with Gasteiger partial charge in [0, 0.05) is 0 Å². The zero-order chi connectivity index (χ0) is 13.5. The van der Waals surface area contributed by atoms with Crippen LogP contribution in [0.5, 0.6) is 0 Å². The summed E-state index contributed by atoms with van der Waals surface area (Å²) in [7, 11) is -14.0. The molecule has 0 radical (unpaired) electrons. The lowest BCUT2D eigenvalue weighted by Crippen LogP contribution is -1.89. The molecule has 0 amide bonds. The monoisotopic (exact) mass is 379 g/mol. The van der Waals surface area contributed by atoms with Gasteiger partial charge in [0.1, 0.15) is 0 Å². The average Bonchev–Trinajstić information content (AvgIpc) is 1.41. The summed E-state index contributed by atoms with van der Waals surface area (Å²) in [5.74, 6) is 0. The van der Waals surface area contributed by atoms with Crippen LogP contribution < -0.4 is 30.8 Å². The summed E-state index contributed by atoms with van der Waals surface area (Å²) in [5, 5.41) is 0. The van der Waals surface area contributed by atoms with E-state index in [-0.39, 0.29) is 30.8 Å². The summed E-state index contributed by atoms with van der Waals surface area (Å²) >= 11 is 0. The highest BCUT2D eigenvalue weighted by atomic mass is 32.3. The maximum Gasteiger partial charge on any atom is 0.466 e. The molecule has 20 heteroatoms. The largest absolute Gasteiger partial charge is 0.466 e. The van der Waals surface area contributed by atoms with Gasteiger partial charge < -0.3 is 45.4 Å². The summed E-state index contributed by atoms with van der Waals surface area (Å²) in [4.78, 5) is 21.6. The first-order valence-corrected chi connectivity index (χ1v) is 6.54. The molecule has 0 fully saturated rings. The predicted octanol–water partition coefficient (Wildman–Crippen LogP) is -1.42. The normalized spacial score (nSPS) is 8.75. The molecule has 0 aromatic carbocycles. The Morgan fingerprint density at radius 2 is 0.550 bits per heavy atom. The lowest BCUT2D eigenvalue weighted by Gasteiger charge is -1.82. The van der Waals surface area contributed by atoms with Crippen molar-refractivity contribution in [3.05, 3.63) is 0 Å². The molecule has 0 aromatic heterocycles. The van der Waals surface area contributed by atoms with Crippen LogP contribution in [0.1, 0.15) is 0 Å². The fourth-order valence-electron chi connectivity index (χ4n) is 0. The van der Waals surface area contributed by atoms with Crippen LogP contribution in [0.15, 0.2) is 0 Å². The minimum Gasteiger partial charge on any atom is -0.344 e. The molecule has 20 heavy (non-hydrogen) atoms. The Hall–Kier alpha value is -0.350. The Bertz CT molecular complexity index is 337. The molecule has 0 unspecified atom stereocenters. The first kappa shape index (κ1) is 50.4. The van der Waals surface area contributed by atoms with E-state index in [4.69, 9.17) is 54.3 Å². The van der Waals surface area contributed by atoms with E-state index in [1.807, 2.05) is 0 Å². The second-order valence-electron chi connectivity index (χ2n) is 1.41. The van der Waals surface area contributed by atoms with Crippen molar-refractivity contribution in [1.29, 1.82) is 0 Å². The second-order valence-corrected chi connectivity index (χ2v) is 4.23. The van der Waals surface area contributed by atoms with Crippen molar-refractivity contribution in [1.82, 2.24) is 30.8 Å². The topological polar surface area (TPSA) is 402 Å². The van der Waals surface area contributed by atoms with Gasteiger partial charge in [0.15, 0.2) is 0 Å². The molecule has 0 saturated heterocycles. The fourth-order valence-corrected chi connectivity index (χ4v) is 0. The Morgan fingerprint density at radius 3 is 0.550 bits per heavy atom. The second kappa shape index (κ2) is 18.7. The van der Waals surface area contributed by atoms with Crippen LogP contribution in [0.3, 0.4) is 0 Å². The van der Waals surface area contributed by atoms with Gasteiger partial charge in [0.05, 0.1) is 0 Å². The Kier molecular flexibility index (Phi) is 47.0. The van der Waals surface area contributed by atoms with E-state index in [0.717, 1.165) is 0 Å². The van der Waals surface area contributed by atoms with Crippen LogP contribution in [0.4, 0.5) is 0 Å². The van der Waals surface area contributed by atoms with Crippen LogP contribution in [0.25, 0.3) is 0 Å². The Morgan fingerprint density at radius 1 is 0.550 bits per heavy atom. The van der Waals surface area contributed by atoms with Crippen molar-refractivity contribution in [2.75, 3.05) is 0 Å². The van der Waals surface area contributed by atoms with Crippen LogP contribution in [0.2, 0.25) is 0 Å². The van der Waals surface area contributed by atoms with Crippen LogP contribution in [-0.2, 0) is 25.4 Å². The first-order chi connectivity index (χ1) is 6.00. The lowest BCUT2D eigenvalue weighted by molar-refractivity contribution is 0.275. The molecule has 17 nitrogen and oxygen atoms in total. The average molecular weight is 379 g/mol. The molecule has 0 spiro atoms. The molecule has 0 atom stereocenters. The molecular formula is H22N5O12PS2. The van der Waals surface area contributed by atoms with Gasteiger partial charge >= 0.3 is 28.6 Å². The summed E-state index contributed by atoms with van der Waals surface area (Å²) < 4.78 is 72.0. The SMILES string of the molecule is N.N.N.N.N.O=P(O)(O)O.O=S(=O)(O)O.O=S(=O)(O)O. The maximum atomic E-state index is 8.88. The van der Waals surface area contributed by atoms with Crippen molar-refractivity contribution >= 4 is 28.6 Å². The molecule has 0 saturated carbocycles. The quantitative estimate of drug-likeness (QED) is 0.169. The molecule has 136 valence electrons. The molecule has 0 aliphatic rings. The van der Waals surface area contributed by atoms with E-state index in [1.165, 1.54) is 0 Å². The highest BCUT2D eigenvalue weighted by Crippen LogP contribution is 2.25. The molecule has 22 N–H and O–H groups in total. The summed E-state index contributed by atoms with van der Waals surface area (Å²) in [5.41, 5.74) is 0. The molecule has 0 aromatic rings. The Labute approximate surface area is 114 Å². The molecule has 0 rings (SSSR count). The maximum absolute atomic E-state index is 8.88. The van der Waals surface area contributed by atoms with Gasteiger partial charge in [-0.25, -0.2) is 4.57 Å². The smallest absolute Gasteiger partial charge is 0.344 e. The third kappa shape index (κ3) is 39900. The van der Waals surface area contributed by atoms with Crippen molar-refractivity contribution in [2.24, 2.45) is 0 Å². The summed E-state index contributed by atoms with van der Waals surface area (Å²) in [6.45, 7) is 0. The number of rotatable bonds is 0. The van der Waals surface area contributed by atoms with Crippen molar-refractivity contribution in [2.45, 2.75) is 0 Å². The van der Waals surface area contributed by atoms with Gasteiger partial charge in [0.2, 0.25) is 0 Å². The summed E-state index contributed by atoms with van der Waals surface area (Å²) in [6.07, 6.45) is 0. The van der Waals surface area contributed by atoms with Crippen molar-refractivity contribution in [3.63, 3.8) is 0 Å². The third-order valence-corrected chi connectivity index (χ3v) is 0. The third-order valence-electron chi connectivity index (χ3n) is 0. The van der Waals surface area contributed by atoms with Crippen molar-refractivity contribution < 1.29 is 54.3 Å². The van der Waals surface area contributed by atoms with Gasteiger partial charge in [0.25, 0.3) is 0 Å². The van der Waals surface area contributed by atoms with Crippen LogP contribution in [-0.4, -0.2) is 49.7 Å². The van der Waals surface area contributed by atoms with Crippen LogP contribution in [0, 0.1) is 0 Å². The van der Waals surface area contributed by atoms with E-state index in [9.17, 15) is 0 Å². The van der Waals surface area contributed by atoms with Crippen molar-refractivity contribution in [3.8, 4) is 0 Å². The van der Waals surface area contributed by atoms with E-state index in [1.54, 1.807) is 0 Å². The standard InChI is InChI=1S/5H3N.H3O4P.2H2O4S/c;;;;;3*1-5(2,3)4/h5*1H3;(H3,1,2,3,4);2*(H2,1,2,3,4). The molecule has 0 heterocycles. The highest BCUT2D eigenvalue weighted by molar-refractivity contribution is 7.80. The predicted molar refractivity (Wildman–Crippen MR) is 67.7 cm³/mol. The number of hydrogen-bond acceptors (Lipinski definition) is 10. The molecule has 0 aliphatic carbocycles. The van der Waals surface area contributed by atoms with Crippen LogP contribution >= 0.6 is 7.82 Å². The molecule has 0 aliphatic heterocycles. The van der Waals surface area contributed by atoms with E-state index in [2.05, 4.69) is 0 Å². The number of hydrogen-bond donors (Lipinski definition) is 12. The van der Waals surface area contributed by atoms with E-state index >= 15 is 0 Å². The molecular weight excluding hydrogens is 357 g/mol. The lowest BCUT2D eigenvalue weighted by atomic mass is 14.0. The van der Waals surface area contributed by atoms with Gasteiger partial charge in [-0.05, 0) is 0 Å². The minimum absolute atomic E-state index is 0. The summed E-state index contributed by atoms with van der Waals surface area (Å²) in [6, 6.07) is 0. The minimum atomic E-state index is -4.67. The van der Waals surface area contributed by atoms with E-state index < -0.39 is 28.6 Å². The van der Waals surface area contributed by atoms with E-state index in [0.29, 0.717) is 0 Å². The van der Waals surface area contributed by atoms with Gasteiger partial charge in [-0.3, -0.25) is 18.2 Å². The van der Waals surface area contributed by atoms with Gasteiger partial charge in [-0.15, -0.1) is 0 Å². The Balaban J connectivity index is -0.0000000160. The molecule has 0 bridgehead atoms.